The third kappa shape index (κ3) is 2.75. The highest BCUT2D eigenvalue weighted by molar-refractivity contribution is 5.48. The summed E-state index contributed by atoms with van der Waals surface area (Å²) in [6.07, 6.45) is 0. The van der Waals surface area contributed by atoms with Crippen molar-refractivity contribution in [1.82, 2.24) is 9.97 Å². The van der Waals surface area contributed by atoms with Crippen molar-refractivity contribution in [2.45, 2.75) is 0 Å². The molecule has 0 fully saturated rings. The SMILES string of the molecule is O=c1[nH]c(O)c(N=Nc2cccc([N+](=O)[O-])c2)c(=O)[nH]1. The molecule has 0 saturated heterocycles. The monoisotopic (exact) mass is 277 g/mol. The van der Waals surface area contributed by atoms with Gasteiger partial charge >= 0.3 is 5.69 Å². The summed E-state index contributed by atoms with van der Waals surface area (Å²) in [6.45, 7) is 0. The van der Waals surface area contributed by atoms with Crippen molar-refractivity contribution < 1.29 is 10.0 Å². The Bertz CT molecular complexity index is 806. The van der Waals surface area contributed by atoms with E-state index in [2.05, 4.69) is 10.2 Å². The van der Waals surface area contributed by atoms with Crippen molar-refractivity contribution in [2.75, 3.05) is 0 Å². The Kier molecular flexibility index (Phi) is 3.37. The maximum atomic E-state index is 11.4. The van der Waals surface area contributed by atoms with Gasteiger partial charge in [-0.2, -0.15) is 0 Å². The first kappa shape index (κ1) is 13.1. The molecule has 3 N–H and O–H groups in total. The smallest absolute Gasteiger partial charge is 0.328 e. The number of hydrogen-bond acceptors (Lipinski definition) is 7. The summed E-state index contributed by atoms with van der Waals surface area (Å²) >= 11 is 0. The van der Waals surface area contributed by atoms with Gasteiger partial charge in [-0.15, -0.1) is 10.2 Å². The van der Waals surface area contributed by atoms with E-state index in [9.17, 15) is 24.8 Å². The van der Waals surface area contributed by atoms with E-state index in [0.29, 0.717) is 0 Å². The Hall–Kier alpha value is -3.30. The van der Waals surface area contributed by atoms with E-state index < -0.39 is 27.7 Å². The first-order valence-electron chi connectivity index (χ1n) is 5.19. The number of hydrogen-bond donors (Lipinski definition) is 3. The van der Waals surface area contributed by atoms with E-state index >= 15 is 0 Å². The molecule has 2 rings (SSSR count). The van der Waals surface area contributed by atoms with E-state index in [1.165, 1.54) is 18.2 Å². The molecular formula is C10H7N5O5. The van der Waals surface area contributed by atoms with Gasteiger partial charge in [-0.05, 0) is 6.07 Å². The number of non-ortho nitro benzene ring substituents is 1. The van der Waals surface area contributed by atoms with Crippen LogP contribution in [0.25, 0.3) is 0 Å². The highest BCUT2D eigenvalue weighted by atomic mass is 16.6. The second-order valence-corrected chi connectivity index (χ2v) is 3.58. The molecule has 10 nitrogen and oxygen atoms in total. The minimum absolute atomic E-state index is 0.115. The second kappa shape index (κ2) is 5.14. The Morgan fingerprint density at radius 1 is 1.20 bits per heavy atom. The van der Waals surface area contributed by atoms with Crippen LogP contribution in [0, 0.1) is 10.1 Å². The van der Waals surface area contributed by atoms with Crippen LogP contribution in [0.2, 0.25) is 0 Å². The van der Waals surface area contributed by atoms with Crippen molar-refractivity contribution in [1.29, 1.82) is 0 Å². The van der Waals surface area contributed by atoms with Crippen LogP contribution in [0.3, 0.4) is 0 Å². The number of nitrogens with zero attached hydrogens (tertiary/aromatic N) is 3. The molecule has 0 spiro atoms. The quantitative estimate of drug-likeness (QED) is 0.435. The largest absolute Gasteiger partial charge is 0.493 e. The van der Waals surface area contributed by atoms with Crippen LogP contribution >= 0.6 is 0 Å². The molecule has 1 heterocycles. The summed E-state index contributed by atoms with van der Waals surface area (Å²) in [5.74, 6) is -0.743. The molecule has 0 bridgehead atoms. The molecule has 102 valence electrons. The number of aromatic nitrogens is 2. The average molecular weight is 277 g/mol. The van der Waals surface area contributed by atoms with E-state index in [1.807, 2.05) is 9.97 Å². The lowest BCUT2D eigenvalue weighted by Crippen LogP contribution is -2.20. The fourth-order valence-electron chi connectivity index (χ4n) is 1.34. The van der Waals surface area contributed by atoms with Crippen molar-refractivity contribution in [3.8, 4) is 5.88 Å². The molecule has 0 aliphatic carbocycles. The van der Waals surface area contributed by atoms with Gasteiger partial charge in [-0.1, -0.05) is 6.07 Å². The molecule has 1 aromatic carbocycles. The highest BCUT2D eigenvalue weighted by Gasteiger charge is 2.08. The lowest BCUT2D eigenvalue weighted by atomic mass is 10.3. The van der Waals surface area contributed by atoms with Gasteiger partial charge in [0, 0.05) is 12.1 Å². The number of rotatable bonds is 3. The van der Waals surface area contributed by atoms with Gasteiger partial charge in [-0.3, -0.25) is 24.9 Å². The third-order valence-corrected chi connectivity index (χ3v) is 2.20. The minimum atomic E-state index is -0.930. The molecule has 1 aromatic heterocycles. The summed E-state index contributed by atoms with van der Waals surface area (Å²) in [7, 11) is 0. The number of nitro groups is 1. The predicted molar refractivity (Wildman–Crippen MR) is 66.6 cm³/mol. The predicted octanol–water partition coefficient (Wildman–Crippen LogP) is 1.09. The van der Waals surface area contributed by atoms with Crippen molar-refractivity contribution in [3.05, 3.63) is 55.2 Å². The number of H-pyrrole nitrogens is 2. The number of aromatic amines is 2. The lowest BCUT2D eigenvalue weighted by Gasteiger charge is -1.95. The molecule has 0 saturated carbocycles. The number of nitrogens with one attached hydrogen (secondary N) is 2. The van der Waals surface area contributed by atoms with Crippen LogP contribution in [-0.2, 0) is 0 Å². The summed E-state index contributed by atoms with van der Waals surface area (Å²) in [5, 5.41) is 27.0. The van der Waals surface area contributed by atoms with Crippen molar-refractivity contribution in [2.24, 2.45) is 10.2 Å². The zero-order chi connectivity index (χ0) is 14.7. The number of nitro benzene ring substituents is 1. The summed E-state index contributed by atoms with van der Waals surface area (Å²) in [5.41, 5.74) is -2.40. The molecular weight excluding hydrogens is 270 g/mol. The topological polar surface area (TPSA) is 154 Å². The van der Waals surface area contributed by atoms with Gasteiger partial charge in [0.1, 0.15) is 0 Å². The Morgan fingerprint density at radius 2 is 1.95 bits per heavy atom. The first-order valence-corrected chi connectivity index (χ1v) is 5.19. The molecule has 20 heavy (non-hydrogen) atoms. The molecule has 0 unspecified atom stereocenters. The van der Waals surface area contributed by atoms with E-state index in [-0.39, 0.29) is 11.4 Å². The van der Waals surface area contributed by atoms with Crippen LogP contribution in [0.15, 0.2) is 44.1 Å². The Morgan fingerprint density at radius 3 is 2.60 bits per heavy atom. The Labute approximate surface area is 109 Å². The summed E-state index contributed by atoms with van der Waals surface area (Å²) in [4.78, 5) is 35.9. The number of benzene rings is 1. The molecule has 0 aliphatic heterocycles. The van der Waals surface area contributed by atoms with Gasteiger partial charge in [0.15, 0.2) is 0 Å². The fraction of sp³-hybridized carbons (Fsp3) is 0. The molecule has 0 atom stereocenters. The molecule has 0 amide bonds. The van der Waals surface area contributed by atoms with Crippen LogP contribution < -0.4 is 11.2 Å². The Balaban J connectivity index is 2.40. The highest BCUT2D eigenvalue weighted by Crippen LogP contribution is 2.23. The minimum Gasteiger partial charge on any atom is -0.493 e. The summed E-state index contributed by atoms with van der Waals surface area (Å²) < 4.78 is 0. The standard InChI is InChI=1S/C10H7N5O5/c16-8-7(9(17)12-10(18)11-8)14-13-5-2-1-3-6(4-5)15(19)20/h1-4H,(H3,11,12,16,17,18). The zero-order valence-corrected chi connectivity index (χ0v) is 9.73. The lowest BCUT2D eigenvalue weighted by molar-refractivity contribution is -0.384. The van der Waals surface area contributed by atoms with Crippen LogP contribution in [0.5, 0.6) is 5.88 Å². The zero-order valence-electron chi connectivity index (χ0n) is 9.73. The van der Waals surface area contributed by atoms with Crippen LogP contribution in [-0.4, -0.2) is 20.0 Å². The average Bonchev–Trinajstić information content (AvgIpc) is 2.37. The van der Waals surface area contributed by atoms with Gasteiger partial charge in [-0.25, -0.2) is 4.79 Å². The van der Waals surface area contributed by atoms with E-state index in [1.54, 1.807) is 0 Å². The van der Waals surface area contributed by atoms with Crippen molar-refractivity contribution >= 4 is 17.1 Å². The van der Waals surface area contributed by atoms with Gasteiger partial charge in [0.05, 0.1) is 10.6 Å². The van der Waals surface area contributed by atoms with Gasteiger partial charge in [0.25, 0.3) is 11.2 Å². The fourth-order valence-corrected chi connectivity index (χ4v) is 1.34. The maximum Gasteiger partial charge on any atom is 0.328 e. The molecule has 0 aliphatic rings. The molecule has 2 aromatic rings. The number of aromatic hydroxyl groups is 1. The summed E-state index contributed by atoms with van der Waals surface area (Å²) in [6, 6.07) is 5.22. The van der Waals surface area contributed by atoms with Gasteiger partial charge < -0.3 is 5.11 Å². The van der Waals surface area contributed by atoms with Crippen LogP contribution in [0.1, 0.15) is 0 Å². The van der Waals surface area contributed by atoms with Gasteiger partial charge in [0.2, 0.25) is 11.6 Å². The van der Waals surface area contributed by atoms with E-state index in [4.69, 9.17) is 0 Å². The van der Waals surface area contributed by atoms with Crippen molar-refractivity contribution in [3.63, 3.8) is 0 Å². The second-order valence-electron chi connectivity index (χ2n) is 3.58. The van der Waals surface area contributed by atoms with E-state index in [0.717, 1.165) is 6.07 Å². The maximum absolute atomic E-state index is 11.4. The number of azo groups is 1. The first-order chi connectivity index (χ1) is 9.47. The molecule has 0 radical (unpaired) electrons. The third-order valence-electron chi connectivity index (χ3n) is 2.20. The van der Waals surface area contributed by atoms with Crippen LogP contribution in [0.4, 0.5) is 17.1 Å². The molecule has 10 heteroatoms. The normalized spacial score (nSPS) is 10.8.